The van der Waals surface area contributed by atoms with E-state index in [1.54, 1.807) is 60.7 Å². The molecule has 0 unspecified atom stereocenters. The highest BCUT2D eigenvalue weighted by Crippen LogP contribution is 2.59. The molecule has 4 aromatic rings. The van der Waals surface area contributed by atoms with Gasteiger partial charge in [-0.3, -0.25) is 38.6 Å². The number of amides is 4. The van der Waals surface area contributed by atoms with Gasteiger partial charge in [-0.05, 0) is 86.5 Å². The Morgan fingerprint density at radius 3 is 1.78 bits per heavy atom. The molecule has 4 amide bonds. The number of carbonyl (C=O) groups excluding carboxylic acids is 6. The van der Waals surface area contributed by atoms with E-state index in [1.165, 1.54) is 23.6 Å². The third-order valence-corrected chi connectivity index (χ3v) is 11.0. The van der Waals surface area contributed by atoms with Crippen LogP contribution in [0, 0.1) is 29.6 Å². The Bertz CT molecular complexity index is 2170. The van der Waals surface area contributed by atoms with Gasteiger partial charge in [0.05, 0.1) is 35.0 Å². The molecule has 49 heavy (non-hydrogen) atoms. The van der Waals surface area contributed by atoms with Crippen LogP contribution in [0.5, 0.6) is 5.75 Å². The number of anilines is 2. The maximum atomic E-state index is 14.4. The maximum absolute atomic E-state index is 14.4. The predicted molar refractivity (Wildman–Crippen MR) is 181 cm³/mol. The molecule has 1 saturated carbocycles. The van der Waals surface area contributed by atoms with Gasteiger partial charge in [-0.25, -0.2) is 0 Å². The molecule has 4 aromatic carbocycles. The van der Waals surface area contributed by atoms with Crippen molar-refractivity contribution in [1.82, 2.24) is 0 Å². The van der Waals surface area contributed by atoms with Crippen LogP contribution < -0.4 is 9.80 Å². The van der Waals surface area contributed by atoms with Crippen molar-refractivity contribution >= 4 is 57.3 Å². The molecule has 0 radical (unpaired) electrons. The zero-order valence-corrected chi connectivity index (χ0v) is 26.8. The van der Waals surface area contributed by atoms with E-state index in [9.17, 15) is 33.9 Å². The van der Waals surface area contributed by atoms with Crippen LogP contribution in [0.3, 0.4) is 0 Å². The third kappa shape index (κ3) is 4.52. The minimum atomic E-state index is -0.853. The fraction of sp³-hybridized carbons (Fsp3) is 0.250. The van der Waals surface area contributed by atoms with Crippen molar-refractivity contribution in [2.45, 2.75) is 32.6 Å². The van der Waals surface area contributed by atoms with Crippen molar-refractivity contribution in [1.29, 1.82) is 0 Å². The number of fused-ring (bicyclic) bond motifs is 5. The van der Waals surface area contributed by atoms with Crippen LogP contribution in [0.2, 0.25) is 0 Å². The summed E-state index contributed by atoms with van der Waals surface area (Å²) in [4.78, 5) is 83.1. The fourth-order valence-electron chi connectivity index (χ4n) is 8.66. The Morgan fingerprint density at radius 1 is 0.633 bits per heavy atom. The number of rotatable bonds is 5. The summed E-state index contributed by atoms with van der Waals surface area (Å²) < 4.78 is 0. The molecule has 0 aromatic heterocycles. The number of Topliss-reactive ketones (excluding diaryl/α,β-unsaturated/α-hetero) is 2. The second kappa shape index (κ2) is 11.2. The van der Waals surface area contributed by atoms with Crippen LogP contribution in [0.1, 0.15) is 58.9 Å². The van der Waals surface area contributed by atoms with E-state index >= 15 is 0 Å². The first-order valence-electron chi connectivity index (χ1n) is 16.4. The Labute approximate surface area is 281 Å². The molecule has 3 fully saturated rings. The normalized spacial score (nSPS) is 26.0. The molecule has 9 heteroatoms. The molecule has 0 spiro atoms. The molecule has 2 aliphatic heterocycles. The topological polar surface area (TPSA) is 129 Å². The van der Waals surface area contributed by atoms with Gasteiger partial charge < -0.3 is 5.11 Å². The average molecular weight is 653 g/mol. The molecule has 0 bridgehead atoms. The first-order valence-corrected chi connectivity index (χ1v) is 16.4. The Kier molecular flexibility index (Phi) is 6.99. The number of hydrogen-bond donors (Lipinski definition) is 1. The van der Waals surface area contributed by atoms with Gasteiger partial charge in [-0.1, -0.05) is 48.0 Å². The van der Waals surface area contributed by atoms with Gasteiger partial charge in [-0.2, -0.15) is 0 Å². The van der Waals surface area contributed by atoms with Gasteiger partial charge in [0.25, 0.3) is 0 Å². The standard InChI is InChI=1S/C40H32N2O7/c1-20(43)22-7-12-25(13-8-22)41-37(46)30-18-17-28-31(34(30)39(41)48)19-32-35(33(28)29-16-11-24-5-3-4-6-27(24)36(29)45)40(49)42(38(32)47)26-14-9-23(10-15-26)21(2)44/h3-17,30-35,45H,18-19H2,1-2H3/t30-,31+,32+,33+,34-,35+/m0/s1. The highest BCUT2D eigenvalue weighted by molar-refractivity contribution is 6.24. The second-order valence-corrected chi connectivity index (χ2v) is 13.5. The number of carbonyl (C=O) groups is 6. The smallest absolute Gasteiger partial charge is 0.238 e. The van der Waals surface area contributed by atoms with E-state index in [0.29, 0.717) is 33.5 Å². The Morgan fingerprint density at radius 2 is 1.18 bits per heavy atom. The summed E-state index contributed by atoms with van der Waals surface area (Å²) in [6.45, 7) is 2.89. The minimum absolute atomic E-state index is 0.0102. The first-order chi connectivity index (χ1) is 23.6. The summed E-state index contributed by atoms with van der Waals surface area (Å²) in [7, 11) is 0. The van der Waals surface area contributed by atoms with Gasteiger partial charge in [-0.15, -0.1) is 0 Å². The largest absolute Gasteiger partial charge is 0.507 e. The number of phenolic OH excluding ortho intramolecular Hbond substituents is 1. The quantitative estimate of drug-likeness (QED) is 0.159. The fourth-order valence-corrected chi connectivity index (χ4v) is 8.66. The van der Waals surface area contributed by atoms with Crippen LogP contribution in [0.25, 0.3) is 10.8 Å². The van der Waals surface area contributed by atoms with Gasteiger partial charge in [0.15, 0.2) is 11.6 Å². The van der Waals surface area contributed by atoms with E-state index < -0.39 is 47.3 Å². The lowest BCUT2D eigenvalue weighted by Gasteiger charge is -2.44. The van der Waals surface area contributed by atoms with Crippen LogP contribution >= 0.6 is 0 Å². The summed E-state index contributed by atoms with van der Waals surface area (Å²) in [5, 5.41) is 13.2. The van der Waals surface area contributed by atoms with E-state index in [1.807, 2.05) is 30.3 Å². The monoisotopic (exact) mass is 652 g/mol. The van der Waals surface area contributed by atoms with E-state index in [4.69, 9.17) is 0 Å². The molecular weight excluding hydrogens is 620 g/mol. The zero-order chi connectivity index (χ0) is 34.3. The lowest BCUT2D eigenvalue weighted by molar-refractivity contribution is -0.126. The first kappa shape index (κ1) is 30.6. The van der Waals surface area contributed by atoms with Crippen LogP contribution in [-0.2, 0) is 19.2 Å². The Hall–Kier alpha value is -5.70. The van der Waals surface area contributed by atoms with E-state index in [0.717, 1.165) is 11.0 Å². The number of benzene rings is 4. The predicted octanol–water partition coefficient (Wildman–Crippen LogP) is 6.00. The summed E-state index contributed by atoms with van der Waals surface area (Å²) >= 11 is 0. The molecule has 8 rings (SSSR count). The minimum Gasteiger partial charge on any atom is -0.507 e. The molecule has 2 heterocycles. The number of allylic oxidation sites excluding steroid dienone is 2. The van der Waals surface area contributed by atoms with Crippen molar-refractivity contribution in [2.75, 3.05) is 9.80 Å². The van der Waals surface area contributed by atoms with Crippen LogP contribution in [-0.4, -0.2) is 40.3 Å². The highest BCUT2D eigenvalue weighted by Gasteiger charge is 2.62. The lowest BCUT2D eigenvalue weighted by atomic mass is 9.57. The van der Waals surface area contributed by atoms with Crippen molar-refractivity contribution in [2.24, 2.45) is 29.6 Å². The second-order valence-electron chi connectivity index (χ2n) is 13.5. The number of ketones is 2. The van der Waals surface area contributed by atoms with Crippen molar-refractivity contribution in [3.05, 3.63) is 113 Å². The summed E-state index contributed by atoms with van der Waals surface area (Å²) in [6.07, 6.45) is 2.39. The molecule has 6 atom stereocenters. The number of nitrogens with zero attached hydrogens (tertiary/aromatic N) is 2. The van der Waals surface area contributed by atoms with Gasteiger partial charge >= 0.3 is 0 Å². The molecule has 9 nitrogen and oxygen atoms in total. The number of aromatic hydroxyl groups is 1. The van der Waals surface area contributed by atoms with Gasteiger partial charge in [0.1, 0.15) is 5.75 Å². The van der Waals surface area contributed by atoms with Crippen molar-refractivity contribution in [3.63, 3.8) is 0 Å². The molecule has 2 saturated heterocycles. The SMILES string of the molecule is CC(=O)c1ccc(N2C(=O)[C@H]3[C@H](CC=C4[C@H]3C[C@H]3C(=O)N(c5ccc(C(C)=O)cc5)C(=O)[C@H]3[C@H]4c3ccc4ccccc4c3O)C2=O)cc1. The summed E-state index contributed by atoms with van der Waals surface area (Å²) in [6, 6.07) is 23.8. The number of imide groups is 2. The summed E-state index contributed by atoms with van der Waals surface area (Å²) in [5.74, 6) is -6.15. The van der Waals surface area contributed by atoms with Gasteiger partial charge in [0.2, 0.25) is 23.6 Å². The van der Waals surface area contributed by atoms with Crippen molar-refractivity contribution < 1.29 is 33.9 Å². The van der Waals surface area contributed by atoms with Crippen LogP contribution in [0.4, 0.5) is 11.4 Å². The maximum Gasteiger partial charge on any atom is 0.238 e. The summed E-state index contributed by atoms with van der Waals surface area (Å²) in [5.41, 5.74) is 2.90. The number of phenols is 1. The van der Waals surface area contributed by atoms with Gasteiger partial charge in [0, 0.05) is 28.0 Å². The highest BCUT2D eigenvalue weighted by atomic mass is 16.3. The zero-order valence-electron chi connectivity index (χ0n) is 26.8. The van der Waals surface area contributed by atoms with Crippen molar-refractivity contribution in [3.8, 4) is 5.75 Å². The number of hydrogen-bond acceptors (Lipinski definition) is 7. The Balaban J connectivity index is 1.24. The molecular formula is C40H32N2O7. The van der Waals surface area contributed by atoms with E-state index in [-0.39, 0.29) is 42.0 Å². The lowest BCUT2D eigenvalue weighted by Crippen LogP contribution is -2.43. The molecule has 2 aliphatic carbocycles. The van der Waals surface area contributed by atoms with E-state index in [2.05, 4.69) is 0 Å². The molecule has 244 valence electrons. The molecule has 4 aliphatic rings. The average Bonchev–Trinajstić information content (AvgIpc) is 3.51. The molecule has 1 N–H and O–H groups in total. The van der Waals surface area contributed by atoms with Crippen LogP contribution in [0.15, 0.2) is 96.6 Å². The third-order valence-electron chi connectivity index (χ3n) is 11.0.